The summed E-state index contributed by atoms with van der Waals surface area (Å²) in [4.78, 5) is 26.5. The first kappa shape index (κ1) is 18.7. The van der Waals surface area contributed by atoms with Crippen LogP contribution in [0.5, 0.6) is 0 Å². The van der Waals surface area contributed by atoms with Gasteiger partial charge >= 0.3 is 0 Å². The normalized spacial score (nSPS) is 42.4. The van der Waals surface area contributed by atoms with Crippen LogP contribution in [0.3, 0.4) is 0 Å². The molecule has 0 heterocycles. The van der Waals surface area contributed by atoms with E-state index < -0.39 is 0 Å². The second-order valence-electron chi connectivity index (χ2n) is 9.88. The van der Waals surface area contributed by atoms with Gasteiger partial charge in [-0.2, -0.15) is 0 Å². The molecule has 28 heavy (non-hydrogen) atoms. The number of benzene rings is 1. The minimum absolute atomic E-state index is 0.0737. The highest BCUT2D eigenvalue weighted by atomic mass is 32.2. The molecule has 6 atom stereocenters. The second-order valence-corrected chi connectivity index (χ2v) is 11.2. The molecule has 0 spiro atoms. The van der Waals surface area contributed by atoms with E-state index in [-0.39, 0.29) is 10.8 Å². The Morgan fingerprint density at radius 1 is 0.964 bits per heavy atom. The topological polar surface area (TPSA) is 34.1 Å². The molecule has 1 aromatic rings. The van der Waals surface area contributed by atoms with Gasteiger partial charge in [-0.15, -0.1) is 11.8 Å². The van der Waals surface area contributed by atoms with Crippen molar-refractivity contribution in [2.45, 2.75) is 68.9 Å². The summed E-state index contributed by atoms with van der Waals surface area (Å²) in [5, 5.41) is 0.302. The predicted molar refractivity (Wildman–Crippen MR) is 113 cm³/mol. The van der Waals surface area contributed by atoms with Crippen molar-refractivity contribution >= 4 is 23.3 Å². The SMILES string of the molecule is C[C@@]12C(=CC(=O)C[C@@H]1Sc1ccccc1)CC[C@@H]1[C@@H]2CC[C@]2(C)C(=O)CC[C@@H]12. The van der Waals surface area contributed by atoms with E-state index in [1.807, 2.05) is 17.8 Å². The van der Waals surface area contributed by atoms with Gasteiger partial charge in [0.1, 0.15) is 5.78 Å². The summed E-state index contributed by atoms with van der Waals surface area (Å²) in [5.41, 5.74) is 1.39. The molecule has 3 saturated carbocycles. The predicted octanol–water partition coefficient (Wildman–Crippen LogP) is 5.86. The van der Waals surface area contributed by atoms with Gasteiger partial charge in [0.25, 0.3) is 0 Å². The maximum Gasteiger partial charge on any atom is 0.156 e. The highest BCUT2D eigenvalue weighted by Crippen LogP contribution is 2.66. The molecule has 0 N–H and O–H groups in total. The number of carbonyl (C=O) groups excluding carboxylic acids is 2. The summed E-state index contributed by atoms with van der Waals surface area (Å²) in [6.07, 6.45) is 8.88. The second kappa shape index (κ2) is 6.58. The molecule has 0 bridgehead atoms. The van der Waals surface area contributed by atoms with Crippen LogP contribution in [0.25, 0.3) is 0 Å². The van der Waals surface area contributed by atoms with E-state index in [4.69, 9.17) is 0 Å². The van der Waals surface area contributed by atoms with Crippen molar-refractivity contribution in [2.24, 2.45) is 28.6 Å². The summed E-state index contributed by atoms with van der Waals surface area (Å²) < 4.78 is 0. The number of carbonyl (C=O) groups is 2. The number of thioether (sulfide) groups is 1. The Hall–Kier alpha value is -1.35. The summed E-state index contributed by atoms with van der Waals surface area (Å²) in [6.45, 7) is 4.69. The van der Waals surface area contributed by atoms with Crippen LogP contribution in [0.4, 0.5) is 0 Å². The van der Waals surface area contributed by atoms with Crippen LogP contribution in [0.2, 0.25) is 0 Å². The van der Waals surface area contributed by atoms with Gasteiger partial charge in [-0.05, 0) is 68.1 Å². The number of hydrogen-bond acceptors (Lipinski definition) is 3. The number of hydrogen-bond donors (Lipinski definition) is 0. The molecular formula is C25H30O2S. The molecule has 2 nitrogen and oxygen atoms in total. The first-order chi connectivity index (χ1) is 13.4. The lowest BCUT2D eigenvalue weighted by Gasteiger charge is -2.59. The summed E-state index contributed by atoms with van der Waals surface area (Å²) >= 11 is 1.90. The Bertz CT molecular complexity index is 843. The zero-order valence-corrected chi connectivity index (χ0v) is 17.8. The minimum Gasteiger partial charge on any atom is -0.299 e. The highest BCUT2D eigenvalue weighted by Gasteiger charge is 2.60. The molecule has 0 saturated heterocycles. The monoisotopic (exact) mass is 394 g/mol. The van der Waals surface area contributed by atoms with Gasteiger partial charge in [-0.1, -0.05) is 37.6 Å². The Kier molecular flexibility index (Phi) is 4.39. The number of ketones is 2. The fourth-order valence-corrected chi connectivity index (χ4v) is 8.65. The number of Topliss-reactive ketones (excluding diaryl/α,β-unsaturated/α-hetero) is 1. The highest BCUT2D eigenvalue weighted by molar-refractivity contribution is 8.00. The third kappa shape index (κ3) is 2.61. The van der Waals surface area contributed by atoms with Gasteiger partial charge in [-0.25, -0.2) is 0 Å². The van der Waals surface area contributed by atoms with Gasteiger partial charge < -0.3 is 0 Å². The van der Waals surface area contributed by atoms with Crippen LogP contribution < -0.4 is 0 Å². The quantitative estimate of drug-likeness (QED) is 0.630. The van der Waals surface area contributed by atoms with Gasteiger partial charge in [0.05, 0.1) is 0 Å². The molecule has 5 rings (SSSR count). The van der Waals surface area contributed by atoms with Crippen LogP contribution in [-0.2, 0) is 9.59 Å². The zero-order valence-electron chi connectivity index (χ0n) is 16.9. The van der Waals surface area contributed by atoms with Crippen molar-refractivity contribution in [1.29, 1.82) is 0 Å². The van der Waals surface area contributed by atoms with Crippen LogP contribution in [0.15, 0.2) is 46.9 Å². The summed E-state index contributed by atoms with van der Waals surface area (Å²) in [5.74, 6) is 2.61. The molecule has 0 amide bonds. The van der Waals surface area contributed by atoms with E-state index in [0.717, 1.165) is 38.5 Å². The van der Waals surface area contributed by atoms with E-state index in [2.05, 4.69) is 44.2 Å². The maximum absolute atomic E-state index is 12.7. The minimum atomic E-state index is -0.0781. The van der Waals surface area contributed by atoms with Gasteiger partial charge in [-0.3, -0.25) is 9.59 Å². The molecule has 3 fully saturated rings. The van der Waals surface area contributed by atoms with Crippen molar-refractivity contribution in [1.82, 2.24) is 0 Å². The largest absolute Gasteiger partial charge is 0.299 e. The molecule has 4 aliphatic rings. The van der Waals surface area contributed by atoms with E-state index in [9.17, 15) is 9.59 Å². The number of fused-ring (bicyclic) bond motifs is 5. The molecule has 0 unspecified atom stereocenters. The van der Waals surface area contributed by atoms with E-state index in [1.165, 1.54) is 10.5 Å². The van der Waals surface area contributed by atoms with Gasteiger partial charge in [0, 0.05) is 33.8 Å². The van der Waals surface area contributed by atoms with Crippen LogP contribution in [-0.4, -0.2) is 16.8 Å². The first-order valence-corrected chi connectivity index (χ1v) is 11.8. The smallest absolute Gasteiger partial charge is 0.156 e. The zero-order chi connectivity index (χ0) is 19.5. The van der Waals surface area contributed by atoms with Crippen molar-refractivity contribution < 1.29 is 9.59 Å². The number of rotatable bonds is 2. The molecular weight excluding hydrogens is 364 g/mol. The third-order valence-electron chi connectivity index (χ3n) is 8.77. The fraction of sp³-hybridized carbons (Fsp3) is 0.600. The summed E-state index contributed by atoms with van der Waals surface area (Å²) in [7, 11) is 0. The number of allylic oxidation sites excluding steroid dienone is 1. The maximum atomic E-state index is 12.7. The third-order valence-corrected chi connectivity index (χ3v) is 10.3. The lowest BCUT2D eigenvalue weighted by Crippen LogP contribution is -2.54. The fourth-order valence-electron chi connectivity index (χ4n) is 7.18. The van der Waals surface area contributed by atoms with Crippen molar-refractivity contribution in [3.8, 4) is 0 Å². The molecule has 148 valence electrons. The summed E-state index contributed by atoms with van der Waals surface area (Å²) in [6, 6.07) is 10.6. The van der Waals surface area contributed by atoms with Crippen LogP contribution in [0.1, 0.15) is 58.8 Å². The Morgan fingerprint density at radius 3 is 2.54 bits per heavy atom. The van der Waals surface area contributed by atoms with Crippen molar-refractivity contribution in [3.63, 3.8) is 0 Å². The van der Waals surface area contributed by atoms with Crippen molar-refractivity contribution in [2.75, 3.05) is 0 Å². The van der Waals surface area contributed by atoms with Gasteiger partial charge in [0.2, 0.25) is 0 Å². The van der Waals surface area contributed by atoms with E-state index >= 15 is 0 Å². The first-order valence-electron chi connectivity index (χ1n) is 10.9. The van der Waals surface area contributed by atoms with Gasteiger partial charge in [0.15, 0.2) is 5.78 Å². The molecule has 4 aliphatic carbocycles. The lowest BCUT2D eigenvalue weighted by molar-refractivity contribution is -0.132. The lowest BCUT2D eigenvalue weighted by atomic mass is 9.47. The average Bonchev–Trinajstić information content (AvgIpc) is 2.99. The molecule has 0 aliphatic heterocycles. The molecule has 0 radical (unpaired) electrons. The van der Waals surface area contributed by atoms with E-state index in [0.29, 0.717) is 41.0 Å². The van der Waals surface area contributed by atoms with Crippen LogP contribution >= 0.6 is 11.8 Å². The van der Waals surface area contributed by atoms with E-state index in [1.54, 1.807) is 0 Å². The molecule has 3 heteroatoms. The Morgan fingerprint density at radius 2 is 1.75 bits per heavy atom. The van der Waals surface area contributed by atoms with Crippen molar-refractivity contribution in [3.05, 3.63) is 42.0 Å². The average molecular weight is 395 g/mol. The molecule has 0 aromatic heterocycles. The molecule has 1 aromatic carbocycles. The Balaban J connectivity index is 1.52. The Labute approximate surface area is 172 Å². The standard InChI is InChI=1S/C25H30O2S/c1-24-13-12-21-19(20(24)10-11-22(24)27)9-8-16-14-17(26)15-23(25(16,21)2)28-18-6-4-3-5-7-18/h3-7,14,19-21,23H,8-13,15H2,1-2H3/t19-,20-,21-,23-,24-,25-/m0/s1. The van der Waals surface area contributed by atoms with Crippen LogP contribution in [0, 0.1) is 28.6 Å².